The van der Waals surface area contributed by atoms with E-state index in [1.165, 1.54) is 6.42 Å². The summed E-state index contributed by atoms with van der Waals surface area (Å²) in [6, 6.07) is 9.80. The lowest BCUT2D eigenvalue weighted by molar-refractivity contribution is -0.165. The van der Waals surface area contributed by atoms with Crippen LogP contribution in [0.3, 0.4) is 0 Å². The van der Waals surface area contributed by atoms with E-state index in [9.17, 15) is 14.4 Å². The summed E-state index contributed by atoms with van der Waals surface area (Å²) in [6.45, 7) is 5.97. The van der Waals surface area contributed by atoms with Gasteiger partial charge in [-0.2, -0.15) is 0 Å². The Labute approximate surface area is 184 Å². The molecule has 4 heterocycles. The van der Waals surface area contributed by atoms with Crippen LogP contribution in [-0.2, 0) is 9.59 Å². The standard InChI is InChI=1S/C19H20N2O.C4H6O6/c1-2-13-12-21-10-8-14(13)11-18(21)19(22)16-7-9-20-17-6-4-3-5-15(16)17;5-1(3(7)8)2(6)4(9)10/h2-7,9,13-14,18H,1,8,10-12H2;1-2,5-6H,(H,7,8)(H,9,10)/t;1-,2-/m.1/s1. The number of hydrogen-bond donors (Lipinski definition) is 4. The van der Waals surface area contributed by atoms with Gasteiger partial charge in [0.1, 0.15) is 0 Å². The molecule has 0 aliphatic carbocycles. The molecule has 9 heteroatoms. The van der Waals surface area contributed by atoms with Crippen molar-refractivity contribution in [1.29, 1.82) is 0 Å². The quantitative estimate of drug-likeness (QED) is 0.382. The number of Topliss-reactive ketones (excluding diaryl/α,β-unsaturated/α-hetero) is 1. The second-order valence-electron chi connectivity index (χ2n) is 8.00. The number of hydrogen-bond acceptors (Lipinski definition) is 7. The van der Waals surface area contributed by atoms with Gasteiger partial charge >= 0.3 is 11.9 Å². The maximum Gasteiger partial charge on any atom is 0.335 e. The van der Waals surface area contributed by atoms with E-state index in [2.05, 4.69) is 22.5 Å². The first kappa shape index (κ1) is 23.5. The number of piperidine rings is 3. The van der Waals surface area contributed by atoms with Gasteiger partial charge in [0.05, 0.1) is 11.6 Å². The maximum atomic E-state index is 13.1. The molecule has 2 bridgehead atoms. The third-order valence-electron chi connectivity index (χ3n) is 6.13. The number of benzene rings is 1. The van der Waals surface area contributed by atoms with Crippen LogP contribution in [0, 0.1) is 11.8 Å². The molecule has 2 aromatic rings. The fourth-order valence-corrected chi connectivity index (χ4v) is 4.37. The Bertz CT molecular complexity index is 1000. The number of aromatic nitrogens is 1. The summed E-state index contributed by atoms with van der Waals surface area (Å²) in [5, 5.41) is 33.5. The molecular weight excluding hydrogens is 416 g/mol. The minimum Gasteiger partial charge on any atom is -0.479 e. The molecule has 3 saturated heterocycles. The first-order chi connectivity index (χ1) is 15.2. The molecule has 5 rings (SSSR count). The van der Waals surface area contributed by atoms with E-state index in [1.54, 1.807) is 6.20 Å². The molecule has 3 aliphatic rings. The molecule has 3 aliphatic heterocycles. The van der Waals surface area contributed by atoms with Crippen LogP contribution >= 0.6 is 0 Å². The molecule has 4 unspecified atom stereocenters. The number of pyridine rings is 1. The van der Waals surface area contributed by atoms with E-state index in [1.807, 2.05) is 30.3 Å². The molecular formula is C23H26N2O7. The highest BCUT2D eigenvalue weighted by molar-refractivity contribution is 6.09. The smallest absolute Gasteiger partial charge is 0.335 e. The van der Waals surface area contributed by atoms with Crippen LogP contribution in [0.15, 0.2) is 49.2 Å². The molecule has 1 aromatic heterocycles. The van der Waals surface area contributed by atoms with Gasteiger partial charge in [0.25, 0.3) is 0 Å². The van der Waals surface area contributed by atoms with Crippen molar-refractivity contribution in [3.8, 4) is 0 Å². The van der Waals surface area contributed by atoms with Crippen molar-refractivity contribution >= 4 is 28.6 Å². The van der Waals surface area contributed by atoms with E-state index >= 15 is 0 Å². The van der Waals surface area contributed by atoms with Gasteiger partial charge in [0, 0.05) is 23.7 Å². The number of carbonyl (C=O) groups is 3. The number of carboxylic acid groups (broad SMARTS) is 2. The predicted octanol–water partition coefficient (Wildman–Crippen LogP) is 1.19. The number of aliphatic hydroxyl groups is 2. The maximum absolute atomic E-state index is 13.1. The number of para-hydroxylation sites is 1. The van der Waals surface area contributed by atoms with Crippen molar-refractivity contribution in [1.82, 2.24) is 9.88 Å². The topological polar surface area (TPSA) is 148 Å². The fraction of sp³-hybridized carbons (Fsp3) is 0.391. The number of ketones is 1. The van der Waals surface area contributed by atoms with Crippen LogP contribution in [0.4, 0.5) is 0 Å². The number of carbonyl (C=O) groups excluding carboxylic acids is 1. The third kappa shape index (κ3) is 4.85. The van der Waals surface area contributed by atoms with Crippen molar-refractivity contribution in [3.63, 3.8) is 0 Å². The Balaban J connectivity index is 0.000000247. The summed E-state index contributed by atoms with van der Waals surface area (Å²) in [6.07, 6.45) is 1.44. The molecule has 170 valence electrons. The van der Waals surface area contributed by atoms with Crippen molar-refractivity contribution in [2.75, 3.05) is 13.1 Å². The lowest BCUT2D eigenvalue weighted by atomic mass is 9.74. The van der Waals surface area contributed by atoms with Crippen LogP contribution in [0.25, 0.3) is 10.9 Å². The van der Waals surface area contributed by atoms with Gasteiger partial charge in [-0.05, 0) is 43.4 Å². The van der Waals surface area contributed by atoms with Crippen molar-refractivity contribution < 1.29 is 34.8 Å². The second kappa shape index (κ2) is 9.99. The van der Waals surface area contributed by atoms with Crippen molar-refractivity contribution in [2.24, 2.45) is 11.8 Å². The summed E-state index contributed by atoms with van der Waals surface area (Å²) >= 11 is 0. The van der Waals surface area contributed by atoms with Gasteiger partial charge < -0.3 is 20.4 Å². The lowest BCUT2D eigenvalue weighted by Crippen LogP contribution is -2.55. The SMILES string of the molecule is C=CC1CN2CCC1CC2C(=O)c1ccnc2ccccc12.O=C(O)[C@H](O)[C@@H](O)C(=O)O. The van der Waals surface area contributed by atoms with Gasteiger partial charge in [0.2, 0.25) is 0 Å². The minimum absolute atomic E-state index is 0.0285. The summed E-state index contributed by atoms with van der Waals surface area (Å²) in [5.74, 6) is -2.12. The average molecular weight is 442 g/mol. The zero-order chi connectivity index (χ0) is 23.4. The Morgan fingerprint density at radius 3 is 2.31 bits per heavy atom. The summed E-state index contributed by atoms with van der Waals surface area (Å²) in [5.41, 5.74) is 1.71. The molecule has 3 fully saturated rings. The average Bonchev–Trinajstić information content (AvgIpc) is 2.82. The molecule has 9 nitrogen and oxygen atoms in total. The van der Waals surface area contributed by atoms with Crippen molar-refractivity contribution in [3.05, 3.63) is 54.7 Å². The molecule has 0 spiro atoms. The Morgan fingerprint density at radius 1 is 1.09 bits per heavy atom. The third-order valence-corrected chi connectivity index (χ3v) is 6.13. The van der Waals surface area contributed by atoms with E-state index in [-0.39, 0.29) is 11.8 Å². The highest BCUT2D eigenvalue weighted by Gasteiger charge is 2.42. The van der Waals surface area contributed by atoms with Gasteiger partial charge in [-0.25, -0.2) is 9.59 Å². The van der Waals surface area contributed by atoms with Gasteiger partial charge in [-0.1, -0.05) is 24.3 Å². The Morgan fingerprint density at radius 2 is 1.75 bits per heavy atom. The van der Waals surface area contributed by atoms with E-state index in [0.717, 1.165) is 36.0 Å². The van der Waals surface area contributed by atoms with E-state index in [0.29, 0.717) is 11.8 Å². The van der Waals surface area contributed by atoms with Gasteiger partial charge in [-0.15, -0.1) is 6.58 Å². The second-order valence-corrected chi connectivity index (χ2v) is 8.00. The van der Waals surface area contributed by atoms with Crippen molar-refractivity contribution in [2.45, 2.75) is 31.1 Å². The normalized spacial score (nSPS) is 25.8. The van der Waals surface area contributed by atoms with Crippen LogP contribution in [0.5, 0.6) is 0 Å². The molecule has 1 aromatic carbocycles. The number of rotatable bonds is 6. The Hall–Kier alpha value is -3.14. The number of carboxylic acids is 2. The number of nitrogens with zero attached hydrogens (tertiary/aromatic N) is 2. The summed E-state index contributed by atoms with van der Waals surface area (Å²) in [7, 11) is 0. The number of aliphatic hydroxyl groups excluding tert-OH is 2. The van der Waals surface area contributed by atoms with Crippen LogP contribution in [0.1, 0.15) is 23.2 Å². The largest absolute Gasteiger partial charge is 0.479 e. The summed E-state index contributed by atoms with van der Waals surface area (Å²) < 4.78 is 0. The lowest BCUT2D eigenvalue weighted by Gasteiger charge is -2.48. The monoisotopic (exact) mass is 442 g/mol. The molecule has 6 atom stereocenters. The highest BCUT2D eigenvalue weighted by Crippen LogP contribution is 2.38. The first-order valence-corrected chi connectivity index (χ1v) is 10.3. The van der Waals surface area contributed by atoms with Crippen LogP contribution < -0.4 is 0 Å². The zero-order valence-corrected chi connectivity index (χ0v) is 17.4. The molecule has 32 heavy (non-hydrogen) atoms. The highest BCUT2D eigenvalue weighted by atomic mass is 16.4. The van der Waals surface area contributed by atoms with Gasteiger partial charge in [0.15, 0.2) is 18.0 Å². The molecule has 0 radical (unpaired) electrons. The van der Waals surface area contributed by atoms with Crippen LogP contribution in [-0.4, -0.2) is 79.4 Å². The minimum atomic E-state index is -2.27. The fourth-order valence-electron chi connectivity index (χ4n) is 4.37. The first-order valence-electron chi connectivity index (χ1n) is 10.3. The van der Waals surface area contributed by atoms with E-state index in [4.69, 9.17) is 20.4 Å². The Kier molecular flexibility index (Phi) is 7.34. The molecule has 0 saturated carbocycles. The predicted molar refractivity (Wildman–Crippen MR) is 115 cm³/mol. The number of aliphatic carboxylic acids is 2. The van der Waals surface area contributed by atoms with Crippen LogP contribution in [0.2, 0.25) is 0 Å². The van der Waals surface area contributed by atoms with Gasteiger partial charge in [-0.3, -0.25) is 14.7 Å². The number of fused-ring (bicyclic) bond motifs is 4. The zero-order valence-electron chi connectivity index (χ0n) is 17.4. The molecule has 0 amide bonds. The molecule has 4 N–H and O–H groups in total. The summed E-state index contributed by atoms with van der Waals surface area (Å²) in [4.78, 5) is 39.4. The van der Waals surface area contributed by atoms with E-state index < -0.39 is 24.1 Å².